The van der Waals surface area contributed by atoms with Crippen molar-refractivity contribution in [1.29, 1.82) is 0 Å². The number of carboxylic acid groups (broad SMARTS) is 1. The molecule has 5 nitrogen and oxygen atoms in total. The van der Waals surface area contributed by atoms with Gasteiger partial charge in [-0.15, -0.1) is 0 Å². The molecule has 18 heavy (non-hydrogen) atoms. The third-order valence-electron chi connectivity index (χ3n) is 2.39. The molecule has 1 rings (SSSR count). The number of hydrogen-bond acceptors (Lipinski definition) is 4. The number of nitrogen functional groups attached to an aromatic ring is 1. The van der Waals surface area contributed by atoms with E-state index in [0.717, 1.165) is 19.4 Å². The molecule has 0 aromatic heterocycles. The van der Waals surface area contributed by atoms with Gasteiger partial charge in [0, 0.05) is 12.3 Å². The first-order chi connectivity index (χ1) is 8.65. The lowest BCUT2D eigenvalue weighted by molar-refractivity contribution is 0.0697. The summed E-state index contributed by atoms with van der Waals surface area (Å²) < 4.78 is 10.7. The van der Waals surface area contributed by atoms with Gasteiger partial charge in [0.25, 0.3) is 0 Å². The normalized spacial score (nSPS) is 10.3. The number of unbranched alkanes of at least 4 members (excludes halogenated alkanes) is 1. The van der Waals surface area contributed by atoms with Crippen molar-refractivity contribution in [3.8, 4) is 5.75 Å². The molecule has 0 aliphatic carbocycles. The van der Waals surface area contributed by atoms with Crippen LogP contribution in [0.4, 0.5) is 5.69 Å². The molecule has 1 aromatic rings. The molecule has 0 saturated carbocycles. The number of ether oxygens (including phenoxy) is 2. The maximum atomic E-state index is 10.9. The maximum absolute atomic E-state index is 10.9. The molecular weight excluding hydrogens is 234 g/mol. The van der Waals surface area contributed by atoms with Crippen molar-refractivity contribution in [3.05, 3.63) is 23.8 Å². The number of rotatable bonds is 8. The second-order valence-corrected chi connectivity index (χ2v) is 3.87. The Kier molecular flexibility index (Phi) is 6.00. The fourth-order valence-electron chi connectivity index (χ4n) is 1.38. The summed E-state index contributed by atoms with van der Waals surface area (Å²) in [5.74, 6) is -0.571. The van der Waals surface area contributed by atoms with E-state index in [9.17, 15) is 4.79 Å². The summed E-state index contributed by atoms with van der Waals surface area (Å²) in [4.78, 5) is 10.9. The lowest BCUT2D eigenvalue weighted by Crippen LogP contribution is -2.08. The number of anilines is 1. The van der Waals surface area contributed by atoms with Crippen molar-refractivity contribution in [2.75, 3.05) is 25.6 Å². The van der Waals surface area contributed by atoms with E-state index >= 15 is 0 Å². The first kappa shape index (κ1) is 14.3. The Morgan fingerprint density at radius 1 is 1.33 bits per heavy atom. The smallest absolute Gasteiger partial charge is 0.337 e. The van der Waals surface area contributed by atoms with Crippen LogP contribution in [0.15, 0.2) is 18.2 Å². The minimum absolute atomic E-state index is 0.0550. The van der Waals surface area contributed by atoms with Crippen molar-refractivity contribution >= 4 is 11.7 Å². The molecule has 0 atom stereocenters. The first-order valence-electron chi connectivity index (χ1n) is 5.98. The molecule has 3 N–H and O–H groups in total. The highest BCUT2D eigenvalue weighted by Crippen LogP contribution is 2.19. The Morgan fingerprint density at radius 3 is 2.78 bits per heavy atom. The molecule has 0 spiro atoms. The summed E-state index contributed by atoms with van der Waals surface area (Å²) >= 11 is 0. The van der Waals surface area contributed by atoms with Gasteiger partial charge in [0.2, 0.25) is 0 Å². The van der Waals surface area contributed by atoms with Crippen LogP contribution in [0.5, 0.6) is 5.75 Å². The number of benzene rings is 1. The van der Waals surface area contributed by atoms with E-state index in [-0.39, 0.29) is 11.3 Å². The van der Waals surface area contributed by atoms with Crippen molar-refractivity contribution in [2.45, 2.75) is 19.8 Å². The average Bonchev–Trinajstić information content (AvgIpc) is 2.35. The van der Waals surface area contributed by atoms with Crippen LogP contribution < -0.4 is 10.5 Å². The zero-order valence-corrected chi connectivity index (χ0v) is 10.5. The molecule has 0 fully saturated rings. The van der Waals surface area contributed by atoms with Crippen LogP contribution in [-0.2, 0) is 4.74 Å². The van der Waals surface area contributed by atoms with Crippen LogP contribution in [0.2, 0.25) is 0 Å². The summed E-state index contributed by atoms with van der Waals surface area (Å²) in [5, 5.41) is 8.90. The second kappa shape index (κ2) is 7.55. The molecule has 5 heteroatoms. The molecule has 100 valence electrons. The Balaban J connectivity index is 2.38. The van der Waals surface area contributed by atoms with Gasteiger partial charge < -0.3 is 20.3 Å². The Bertz CT molecular complexity index is 393. The van der Waals surface area contributed by atoms with Gasteiger partial charge >= 0.3 is 5.97 Å². The van der Waals surface area contributed by atoms with E-state index < -0.39 is 5.97 Å². The van der Waals surface area contributed by atoms with Crippen LogP contribution in [0.1, 0.15) is 30.1 Å². The van der Waals surface area contributed by atoms with Gasteiger partial charge in [0.1, 0.15) is 12.4 Å². The molecule has 0 aliphatic rings. The predicted molar refractivity (Wildman–Crippen MR) is 69.0 cm³/mol. The molecular formula is C13H19NO4. The fraction of sp³-hybridized carbons (Fsp3) is 0.462. The third kappa shape index (κ3) is 4.63. The standard InChI is InChI=1S/C13H19NO4/c1-2-3-6-17-7-8-18-10-4-5-12(14)11(9-10)13(15)16/h4-5,9H,2-3,6-8,14H2,1H3,(H,15,16). The Morgan fingerprint density at radius 2 is 2.11 bits per heavy atom. The topological polar surface area (TPSA) is 81.8 Å². The van der Waals surface area contributed by atoms with Gasteiger partial charge in [-0.25, -0.2) is 4.79 Å². The van der Waals surface area contributed by atoms with Crippen molar-refractivity contribution in [2.24, 2.45) is 0 Å². The fourth-order valence-corrected chi connectivity index (χ4v) is 1.38. The lowest BCUT2D eigenvalue weighted by Gasteiger charge is -2.08. The number of aromatic carboxylic acids is 1. The van der Waals surface area contributed by atoms with E-state index in [1.54, 1.807) is 6.07 Å². The number of hydrogen-bond donors (Lipinski definition) is 2. The van der Waals surface area contributed by atoms with Gasteiger partial charge in [-0.3, -0.25) is 0 Å². The van der Waals surface area contributed by atoms with E-state index in [1.165, 1.54) is 12.1 Å². The molecule has 0 aliphatic heterocycles. The maximum Gasteiger partial charge on any atom is 0.337 e. The van der Waals surface area contributed by atoms with Crippen molar-refractivity contribution in [1.82, 2.24) is 0 Å². The summed E-state index contributed by atoms with van der Waals surface area (Å²) in [7, 11) is 0. The van der Waals surface area contributed by atoms with E-state index in [0.29, 0.717) is 19.0 Å². The quantitative estimate of drug-likeness (QED) is 0.548. The number of nitrogens with two attached hydrogens (primary N) is 1. The van der Waals surface area contributed by atoms with Crippen LogP contribution in [0, 0.1) is 0 Å². The van der Waals surface area contributed by atoms with Crippen LogP contribution >= 0.6 is 0 Å². The highest BCUT2D eigenvalue weighted by atomic mass is 16.5. The third-order valence-corrected chi connectivity index (χ3v) is 2.39. The predicted octanol–water partition coefficient (Wildman–Crippen LogP) is 2.16. The van der Waals surface area contributed by atoms with Crippen molar-refractivity contribution in [3.63, 3.8) is 0 Å². The van der Waals surface area contributed by atoms with E-state index in [4.69, 9.17) is 20.3 Å². The van der Waals surface area contributed by atoms with Gasteiger partial charge in [-0.05, 0) is 24.6 Å². The molecule has 1 aromatic carbocycles. The van der Waals surface area contributed by atoms with E-state index in [1.807, 2.05) is 0 Å². The highest BCUT2D eigenvalue weighted by Gasteiger charge is 2.08. The van der Waals surface area contributed by atoms with Gasteiger partial charge in [-0.2, -0.15) is 0 Å². The summed E-state index contributed by atoms with van der Waals surface area (Å²) in [6.07, 6.45) is 2.13. The average molecular weight is 253 g/mol. The van der Waals surface area contributed by atoms with Crippen LogP contribution in [0.3, 0.4) is 0 Å². The number of carbonyl (C=O) groups is 1. The summed E-state index contributed by atoms with van der Waals surface area (Å²) in [6.45, 7) is 3.71. The molecule has 0 unspecified atom stereocenters. The molecule has 0 amide bonds. The van der Waals surface area contributed by atoms with Gasteiger partial charge in [-0.1, -0.05) is 13.3 Å². The summed E-state index contributed by atoms with van der Waals surface area (Å²) in [5.41, 5.74) is 5.82. The van der Waals surface area contributed by atoms with Crippen LogP contribution in [0.25, 0.3) is 0 Å². The van der Waals surface area contributed by atoms with Gasteiger partial charge in [0.15, 0.2) is 0 Å². The highest BCUT2D eigenvalue weighted by molar-refractivity contribution is 5.94. The largest absolute Gasteiger partial charge is 0.491 e. The Labute approximate surface area is 107 Å². The van der Waals surface area contributed by atoms with Gasteiger partial charge in [0.05, 0.1) is 12.2 Å². The molecule has 0 heterocycles. The SMILES string of the molecule is CCCCOCCOc1ccc(N)c(C(=O)O)c1. The van der Waals surface area contributed by atoms with E-state index in [2.05, 4.69) is 6.92 Å². The van der Waals surface area contributed by atoms with Crippen LogP contribution in [-0.4, -0.2) is 30.9 Å². The first-order valence-corrected chi connectivity index (χ1v) is 5.98. The Hall–Kier alpha value is -1.75. The zero-order valence-electron chi connectivity index (χ0n) is 10.5. The molecule has 0 radical (unpaired) electrons. The number of carboxylic acids is 1. The van der Waals surface area contributed by atoms with Crippen molar-refractivity contribution < 1.29 is 19.4 Å². The minimum Gasteiger partial charge on any atom is -0.491 e. The zero-order chi connectivity index (χ0) is 13.4. The minimum atomic E-state index is -1.06. The molecule has 0 saturated heterocycles. The molecule has 0 bridgehead atoms. The summed E-state index contributed by atoms with van der Waals surface area (Å²) in [6, 6.07) is 4.59. The second-order valence-electron chi connectivity index (χ2n) is 3.87. The monoisotopic (exact) mass is 253 g/mol. The lowest BCUT2D eigenvalue weighted by atomic mass is 10.2.